The minimum Gasteiger partial charge on any atom is -0.481 e. The number of carbonyl (C=O) groups is 2. The topological polar surface area (TPSA) is 54.4 Å². The number of hydrogen-bond acceptors (Lipinski definition) is 2. The fourth-order valence-electron chi connectivity index (χ4n) is 8.38. The van der Waals surface area contributed by atoms with Crippen LogP contribution in [-0.4, -0.2) is 16.9 Å². The highest BCUT2D eigenvalue weighted by atomic mass is 16.4. The van der Waals surface area contributed by atoms with Gasteiger partial charge in [0.05, 0.1) is 0 Å². The van der Waals surface area contributed by atoms with Crippen LogP contribution in [0.25, 0.3) is 0 Å². The second kappa shape index (κ2) is 10.0. The van der Waals surface area contributed by atoms with E-state index in [4.69, 9.17) is 9.90 Å². The van der Waals surface area contributed by atoms with Gasteiger partial charge in [-0.15, -0.1) is 0 Å². The van der Waals surface area contributed by atoms with Crippen LogP contribution < -0.4 is 0 Å². The van der Waals surface area contributed by atoms with Crippen molar-refractivity contribution < 1.29 is 14.7 Å². The summed E-state index contributed by atoms with van der Waals surface area (Å²) in [5, 5.41) is 7.42. The van der Waals surface area contributed by atoms with Crippen molar-refractivity contribution in [1.82, 2.24) is 0 Å². The number of allylic oxidation sites excluding steroid dienone is 2. The van der Waals surface area contributed by atoms with Gasteiger partial charge in [-0.05, 0) is 91.8 Å². The summed E-state index contributed by atoms with van der Waals surface area (Å²) >= 11 is 0. The molecule has 3 saturated carbocycles. The fraction of sp³-hybridized carbons (Fsp3) is 0.862. The highest BCUT2D eigenvalue weighted by Gasteiger charge is 2.57. The molecule has 0 spiro atoms. The molecule has 3 fully saturated rings. The molecule has 0 radical (unpaired) electrons. The van der Waals surface area contributed by atoms with E-state index >= 15 is 0 Å². The third-order valence-electron chi connectivity index (χ3n) is 10.2. The predicted octanol–water partition coefficient (Wildman–Crippen LogP) is 7.69. The molecular formula is C29H48O3. The molecule has 4 aliphatic rings. The average molecular weight is 445 g/mol. The molecule has 0 aromatic carbocycles. The first-order valence-electron chi connectivity index (χ1n) is 13.4. The van der Waals surface area contributed by atoms with Crippen LogP contribution in [0.4, 0.5) is 0 Å². The maximum absolute atomic E-state index is 12.2. The second-order valence-electron chi connectivity index (χ2n) is 12.4. The van der Waals surface area contributed by atoms with Gasteiger partial charge in [0.2, 0.25) is 0 Å². The van der Waals surface area contributed by atoms with Gasteiger partial charge in [-0.25, -0.2) is 0 Å². The molecule has 4 rings (SSSR count). The van der Waals surface area contributed by atoms with E-state index < -0.39 is 5.97 Å². The molecule has 0 bridgehead atoms. The number of carboxylic acid groups (broad SMARTS) is 1. The number of carbonyl (C=O) groups excluding carboxylic acids is 1. The quantitative estimate of drug-likeness (QED) is 0.442. The number of hydrogen-bond donors (Lipinski definition) is 1. The fourth-order valence-corrected chi connectivity index (χ4v) is 8.38. The lowest BCUT2D eigenvalue weighted by Crippen LogP contribution is -2.48. The van der Waals surface area contributed by atoms with E-state index in [1.54, 1.807) is 0 Å². The zero-order valence-electron chi connectivity index (χ0n) is 21.6. The monoisotopic (exact) mass is 444 g/mol. The Bertz CT molecular complexity index is 718. The van der Waals surface area contributed by atoms with Crippen LogP contribution in [0.15, 0.2) is 11.6 Å². The Morgan fingerprint density at radius 3 is 2.31 bits per heavy atom. The van der Waals surface area contributed by atoms with Crippen LogP contribution in [0.5, 0.6) is 0 Å². The molecule has 0 aromatic rings. The molecule has 0 saturated heterocycles. The van der Waals surface area contributed by atoms with Crippen molar-refractivity contribution >= 4 is 11.8 Å². The highest BCUT2D eigenvalue weighted by molar-refractivity contribution is 5.80. The SMILES string of the molecule is CC(=O)O.CC(C)C(=O)CC[C@@H](C)[C@H]1CC[C@H]2C3=CCC4CCCC[C@]4(C)[C@H]3CC[C@]12C. The standard InChI is InChI=1S/C27H44O.C2H4O2/c1-18(2)25(28)14-9-19(3)22-12-13-23-21-11-10-20-8-6-7-16-26(20,4)24(21)15-17-27(22,23)5;1-2(3)4/h11,18-20,22-24H,6-10,12-17H2,1-5H3;1H3,(H,3,4)/t19-,20?,22-,23+,24+,26+,27-;/m1./s1. The van der Waals surface area contributed by atoms with Crippen LogP contribution in [-0.2, 0) is 9.59 Å². The molecule has 7 atom stereocenters. The van der Waals surface area contributed by atoms with Gasteiger partial charge in [-0.3, -0.25) is 9.59 Å². The van der Waals surface area contributed by atoms with E-state index in [1.165, 1.54) is 57.8 Å². The maximum Gasteiger partial charge on any atom is 0.300 e. The van der Waals surface area contributed by atoms with Gasteiger partial charge >= 0.3 is 0 Å². The van der Waals surface area contributed by atoms with Crippen LogP contribution in [0.3, 0.4) is 0 Å². The van der Waals surface area contributed by atoms with E-state index in [0.29, 0.717) is 22.5 Å². The second-order valence-corrected chi connectivity index (χ2v) is 12.4. The summed E-state index contributed by atoms with van der Waals surface area (Å²) in [5.41, 5.74) is 2.97. The highest BCUT2D eigenvalue weighted by Crippen LogP contribution is 2.66. The number of carboxylic acids is 1. The molecule has 0 aliphatic heterocycles. The summed E-state index contributed by atoms with van der Waals surface area (Å²) in [7, 11) is 0. The zero-order valence-corrected chi connectivity index (χ0v) is 21.6. The Labute approximate surface area is 196 Å². The minimum absolute atomic E-state index is 0.200. The van der Waals surface area contributed by atoms with E-state index in [2.05, 4.69) is 40.7 Å². The van der Waals surface area contributed by atoms with Crippen LogP contribution in [0, 0.1) is 46.3 Å². The molecule has 0 amide bonds. The van der Waals surface area contributed by atoms with Gasteiger partial charge in [0.25, 0.3) is 5.97 Å². The largest absolute Gasteiger partial charge is 0.481 e. The van der Waals surface area contributed by atoms with Crippen LogP contribution in [0.1, 0.15) is 112 Å². The number of fused-ring (bicyclic) bond motifs is 5. The Balaban J connectivity index is 0.000000668. The normalized spacial score (nSPS) is 39.0. The number of aliphatic carboxylic acids is 1. The van der Waals surface area contributed by atoms with Crippen molar-refractivity contribution in [2.45, 2.75) is 112 Å². The van der Waals surface area contributed by atoms with Gasteiger partial charge in [-0.1, -0.05) is 59.1 Å². The molecule has 3 nitrogen and oxygen atoms in total. The van der Waals surface area contributed by atoms with Gasteiger partial charge < -0.3 is 5.11 Å². The first-order chi connectivity index (χ1) is 15.0. The molecule has 0 aromatic heterocycles. The van der Waals surface area contributed by atoms with Gasteiger partial charge in [0.15, 0.2) is 0 Å². The predicted molar refractivity (Wildman–Crippen MR) is 131 cm³/mol. The molecule has 1 unspecified atom stereocenters. The van der Waals surface area contributed by atoms with Crippen molar-refractivity contribution in [2.75, 3.05) is 0 Å². The molecule has 32 heavy (non-hydrogen) atoms. The molecule has 1 N–H and O–H groups in total. The summed E-state index contributed by atoms with van der Waals surface area (Å²) < 4.78 is 0. The van der Waals surface area contributed by atoms with Gasteiger partial charge in [0, 0.05) is 19.3 Å². The zero-order chi connectivity index (χ0) is 23.7. The summed E-state index contributed by atoms with van der Waals surface area (Å²) in [6.45, 7) is 12.9. The number of Topliss-reactive ketones (excluding diaryl/α,β-unsaturated/α-hetero) is 1. The van der Waals surface area contributed by atoms with Crippen LogP contribution in [0.2, 0.25) is 0 Å². The van der Waals surface area contributed by atoms with E-state index in [9.17, 15) is 4.79 Å². The Hall–Kier alpha value is -1.12. The van der Waals surface area contributed by atoms with Gasteiger partial charge in [-0.2, -0.15) is 0 Å². The van der Waals surface area contributed by atoms with Crippen molar-refractivity contribution in [2.24, 2.45) is 46.3 Å². The molecule has 182 valence electrons. The maximum atomic E-state index is 12.2. The molecule has 4 aliphatic carbocycles. The lowest BCUT2D eigenvalue weighted by Gasteiger charge is -2.57. The smallest absolute Gasteiger partial charge is 0.300 e. The summed E-state index contributed by atoms with van der Waals surface area (Å²) in [6, 6.07) is 0. The van der Waals surface area contributed by atoms with Crippen molar-refractivity contribution in [1.29, 1.82) is 0 Å². The number of ketones is 1. The lowest BCUT2D eigenvalue weighted by atomic mass is 9.48. The lowest BCUT2D eigenvalue weighted by molar-refractivity contribution is -0.134. The third-order valence-corrected chi connectivity index (χ3v) is 10.2. The van der Waals surface area contributed by atoms with Crippen molar-refractivity contribution in [3.63, 3.8) is 0 Å². The Morgan fingerprint density at radius 2 is 1.66 bits per heavy atom. The summed E-state index contributed by atoms with van der Waals surface area (Å²) in [6.07, 6.45) is 17.5. The van der Waals surface area contributed by atoms with Crippen molar-refractivity contribution in [3.8, 4) is 0 Å². The van der Waals surface area contributed by atoms with E-state index in [1.807, 2.05) is 5.57 Å². The molecular weight excluding hydrogens is 396 g/mol. The Kier molecular flexibility index (Phi) is 7.98. The van der Waals surface area contributed by atoms with E-state index in [-0.39, 0.29) is 5.92 Å². The number of rotatable bonds is 5. The van der Waals surface area contributed by atoms with Crippen molar-refractivity contribution in [3.05, 3.63) is 11.6 Å². The molecule has 3 heteroatoms. The van der Waals surface area contributed by atoms with E-state index in [0.717, 1.165) is 43.4 Å². The first kappa shape index (κ1) is 25.5. The third kappa shape index (κ3) is 4.87. The summed E-state index contributed by atoms with van der Waals surface area (Å²) in [5.74, 6) is 4.00. The minimum atomic E-state index is -0.833. The van der Waals surface area contributed by atoms with Crippen LogP contribution >= 0.6 is 0 Å². The average Bonchev–Trinajstić information content (AvgIpc) is 3.08. The van der Waals surface area contributed by atoms with Gasteiger partial charge in [0.1, 0.15) is 5.78 Å². The summed E-state index contributed by atoms with van der Waals surface area (Å²) in [4.78, 5) is 21.2. The Morgan fingerprint density at radius 1 is 1.00 bits per heavy atom. The molecule has 0 heterocycles. The first-order valence-corrected chi connectivity index (χ1v) is 13.4.